The Hall–Kier alpha value is -3.40. The van der Waals surface area contributed by atoms with E-state index in [4.69, 9.17) is 4.74 Å². The van der Waals surface area contributed by atoms with E-state index in [1.165, 1.54) is 25.6 Å². The fraction of sp³-hybridized carbons (Fsp3) is 0.250. The number of hydrogen-bond acceptors (Lipinski definition) is 6. The molecule has 2 aromatic heterocycles. The van der Waals surface area contributed by atoms with Gasteiger partial charge < -0.3 is 14.6 Å². The van der Waals surface area contributed by atoms with Gasteiger partial charge in [-0.25, -0.2) is 18.4 Å². The Morgan fingerprint density at radius 3 is 2.53 bits per heavy atom. The third kappa shape index (κ3) is 4.28. The molecule has 0 unspecified atom stereocenters. The topological polar surface area (TPSA) is 115 Å². The van der Waals surface area contributed by atoms with Crippen molar-refractivity contribution in [2.24, 2.45) is 0 Å². The molecule has 0 saturated heterocycles. The van der Waals surface area contributed by atoms with Crippen molar-refractivity contribution in [3.05, 3.63) is 59.8 Å². The lowest BCUT2D eigenvalue weighted by molar-refractivity contribution is 0.101. The van der Waals surface area contributed by atoms with Crippen LogP contribution in [0.5, 0.6) is 5.88 Å². The van der Waals surface area contributed by atoms with Crippen LogP contribution in [-0.4, -0.2) is 36.0 Å². The highest BCUT2D eigenvalue weighted by Gasteiger charge is 2.24. The molecular formula is C20H23N5O4S. The Bertz CT molecular complexity index is 1170. The number of carbonyl (C=O) groups is 1. The van der Waals surface area contributed by atoms with Crippen LogP contribution in [0.25, 0.3) is 0 Å². The molecule has 0 radical (unpaired) electrons. The van der Waals surface area contributed by atoms with Crippen LogP contribution in [0.4, 0.5) is 11.4 Å². The van der Waals surface area contributed by atoms with Gasteiger partial charge in [-0.1, -0.05) is 18.2 Å². The van der Waals surface area contributed by atoms with Crippen LogP contribution < -0.4 is 14.8 Å². The SMILES string of the molecule is CCn1cncc1C(=O)Nc1cnc(OC)c(S(=O)(=O)Nc2c(C)cccc2C)c1. The fourth-order valence-corrected chi connectivity index (χ4v) is 4.32. The number of pyridine rings is 1. The minimum absolute atomic E-state index is 0.0784. The fourth-order valence-electron chi connectivity index (χ4n) is 2.97. The monoisotopic (exact) mass is 429 g/mol. The Morgan fingerprint density at radius 1 is 1.20 bits per heavy atom. The molecule has 0 aliphatic rings. The number of anilines is 2. The third-order valence-corrected chi connectivity index (χ3v) is 5.91. The number of methoxy groups -OCH3 is 1. The molecule has 3 rings (SSSR count). The van der Waals surface area contributed by atoms with Crippen molar-refractivity contribution in [2.45, 2.75) is 32.2 Å². The smallest absolute Gasteiger partial charge is 0.273 e. The molecule has 0 aliphatic carbocycles. The predicted molar refractivity (Wildman–Crippen MR) is 113 cm³/mol. The molecule has 1 aromatic carbocycles. The number of sulfonamides is 1. The summed E-state index contributed by atoms with van der Waals surface area (Å²) in [5.41, 5.74) is 2.62. The van der Waals surface area contributed by atoms with E-state index in [1.54, 1.807) is 10.9 Å². The van der Waals surface area contributed by atoms with Crippen molar-refractivity contribution >= 4 is 27.3 Å². The van der Waals surface area contributed by atoms with Gasteiger partial charge in [0.05, 0.1) is 37.2 Å². The van der Waals surface area contributed by atoms with Gasteiger partial charge >= 0.3 is 0 Å². The number of nitrogens with zero attached hydrogens (tertiary/aromatic N) is 3. The minimum Gasteiger partial charge on any atom is -0.480 e. The standard InChI is InChI=1S/C20H23N5O4S/c1-5-25-12-21-11-16(25)19(26)23-15-9-17(20(29-4)22-10-15)30(27,28)24-18-13(2)7-6-8-14(18)3/h6-12,24H,5H2,1-4H3,(H,23,26). The van der Waals surface area contributed by atoms with Crippen LogP contribution in [0.2, 0.25) is 0 Å². The first-order valence-corrected chi connectivity index (χ1v) is 10.7. The number of benzene rings is 1. The summed E-state index contributed by atoms with van der Waals surface area (Å²) in [7, 11) is -2.70. The van der Waals surface area contributed by atoms with E-state index in [9.17, 15) is 13.2 Å². The van der Waals surface area contributed by atoms with E-state index in [-0.39, 0.29) is 16.5 Å². The van der Waals surface area contributed by atoms with Crippen LogP contribution >= 0.6 is 0 Å². The molecule has 3 aromatic rings. The molecule has 2 heterocycles. The average Bonchev–Trinajstić information content (AvgIpc) is 3.20. The van der Waals surface area contributed by atoms with Crippen molar-refractivity contribution in [2.75, 3.05) is 17.1 Å². The molecule has 0 aliphatic heterocycles. The van der Waals surface area contributed by atoms with Crippen LogP contribution in [0, 0.1) is 13.8 Å². The molecule has 0 saturated carbocycles. The number of rotatable bonds is 7. The zero-order valence-corrected chi connectivity index (χ0v) is 17.9. The lowest BCUT2D eigenvalue weighted by Gasteiger charge is -2.15. The van der Waals surface area contributed by atoms with Gasteiger partial charge in [-0.3, -0.25) is 9.52 Å². The van der Waals surface area contributed by atoms with E-state index in [0.29, 0.717) is 17.9 Å². The Labute approximate surface area is 175 Å². The molecule has 0 bridgehead atoms. The normalized spacial score (nSPS) is 11.2. The number of aryl methyl sites for hydroxylation is 3. The first-order valence-electron chi connectivity index (χ1n) is 9.21. The molecule has 10 heteroatoms. The Kier molecular flexibility index (Phi) is 6.06. The number of amides is 1. The summed E-state index contributed by atoms with van der Waals surface area (Å²) in [6.45, 7) is 6.09. The summed E-state index contributed by atoms with van der Waals surface area (Å²) in [5, 5.41) is 2.66. The van der Waals surface area contributed by atoms with Gasteiger partial charge in [0.25, 0.3) is 15.9 Å². The van der Waals surface area contributed by atoms with E-state index in [1.807, 2.05) is 39.0 Å². The second-order valence-corrected chi connectivity index (χ2v) is 8.27. The number of imidazole rings is 1. The predicted octanol–water partition coefficient (Wildman–Crippen LogP) is 2.98. The highest BCUT2D eigenvalue weighted by Crippen LogP contribution is 2.29. The zero-order chi connectivity index (χ0) is 21.9. The molecule has 158 valence electrons. The van der Waals surface area contributed by atoms with E-state index in [0.717, 1.165) is 11.1 Å². The van der Waals surface area contributed by atoms with Gasteiger partial charge in [0.15, 0.2) is 4.90 Å². The Balaban J connectivity index is 1.95. The quantitative estimate of drug-likeness (QED) is 0.597. The van der Waals surface area contributed by atoms with Crippen LogP contribution in [-0.2, 0) is 16.6 Å². The maximum atomic E-state index is 13.1. The average molecular weight is 430 g/mol. The zero-order valence-electron chi connectivity index (χ0n) is 17.1. The van der Waals surface area contributed by atoms with Gasteiger partial charge in [-0.2, -0.15) is 0 Å². The molecule has 0 fully saturated rings. The van der Waals surface area contributed by atoms with E-state index in [2.05, 4.69) is 20.0 Å². The summed E-state index contributed by atoms with van der Waals surface area (Å²) in [5.74, 6) is -0.502. The molecule has 0 atom stereocenters. The molecule has 0 spiro atoms. The van der Waals surface area contributed by atoms with E-state index >= 15 is 0 Å². The number of carbonyl (C=O) groups excluding carboxylic acids is 1. The molecule has 9 nitrogen and oxygen atoms in total. The van der Waals surface area contributed by atoms with Crippen LogP contribution in [0.3, 0.4) is 0 Å². The first kappa shape index (κ1) is 21.3. The van der Waals surface area contributed by atoms with E-state index < -0.39 is 15.9 Å². The third-order valence-electron chi connectivity index (χ3n) is 4.56. The number of para-hydroxylation sites is 1. The summed E-state index contributed by atoms with van der Waals surface area (Å²) in [4.78, 5) is 20.4. The summed E-state index contributed by atoms with van der Waals surface area (Å²) < 4.78 is 35.6. The maximum Gasteiger partial charge on any atom is 0.273 e. The van der Waals surface area contributed by atoms with Crippen molar-refractivity contribution in [3.63, 3.8) is 0 Å². The number of aromatic nitrogens is 3. The lowest BCUT2D eigenvalue weighted by Crippen LogP contribution is -2.19. The summed E-state index contributed by atoms with van der Waals surface area (Å²) >= 11 is 0. The number of hydrogen-bond donors (Lipinski definition) is 2. The minimum atomic E-state index is -4.03. The van der Waals surface area contributed by atoms with Crippen molar-refractivity contribution < 1.29 is 17.9 Å². The van der Waals surface area contributed by atoms with Crippen LogP contribution in [0.15, 0.2) is 47.9 Å². The molecule has 30 heavy (non-hydrogen) atoms. The largest absolute Gasteiger partial charge is 0.480 e. The lowest BCUT2D eigenvalue weighted by atomic mass is 10.1. The second kappa shape index (κ2) is 8.54. The summed E-state index contributed by atoms with van der Waals surface area (Å²) in [6.07, 6.45) is 4.32. The first-order chi connectivity index (χ1) is 14.3. The molecular weight excluding hydrogens is 406 g/mol. The Morgan fingerprint density at radius 2 is 1.90 bits per heavy atom. The van der Waals surface area contributed by atoms with Gasteiger partial charge in [0.1, 0.15) is 5.69 Å². The van der Waals surface area contributed by atoms with Gasteiger partial charge in [-0.05, 0) is 38.0 Å². The van der Waals surface area contributed by atoms with Crippen molar-refractivity contribution in [1.29, 1.82) is 0 Å². The van der Waals surface area contributed by atoms with Gasteiger partial charge in [0.2, 0.25) is 5.88 Å². The highest BCUT2D eigenvalue weighted by molar-refractivity contribution is 7.92. The summed E-state index contributed by atoms with van der Waals surface area (Å²) in [6, 6.07) is 6.79. The van der Waals surface area contributed by atoms with Gasteiger partial charge in [-0.15, -0.1) is 0 Å². The molecule has 1 amide bonds. The van der Waals surface area contributed by atoms with Crippen molar-refractivity contribution in [3.8, 4) is 5.88 Å². The van der Waals surface area contributed by atoms with Crippen molar-refractivity contribution in [1.82, 2.24) is 14.5 Å². The number of nitrogens with one attached hydrogen (secondary N) is 2. The molecule has 2 N–H and O–H groups in total. The number of ether oxygens (including phenoxy) is 1. The highest BCUT2D eigenvalue weighted by atomic mass is 32.2. The second-order valence-electron chi connectivity index (χ2n) is 6.62. The van der Waals surface area contributed by atoms with Gasteiger partial charge in [0, 0.05) is 6.54 Å². The van der Waals surface area contributed by atoms with Crippen LogP contribution in [0.1, 0.15) is 28.5 Å². The maximum absolute atomic E-state index is 13.1.